The number of ether oxygens (including phenoxy) is 3. The minimum absolute atomic E-state index is 0.0997. The Morgan fingerprint density at radius 1 is 0.393 bits per heavy atom. The molecule has 0 bridgehead atoms. The molecule has 0 heterocycles. The smallest absolute Gasteiger partial charge is 0.306 e. The average Bonchev–Trinajstić information content (AvgIpc) is 3.19. The minimum Gasteiger partial charge on any atom is -0.462 e. The van der Waals surface area contributed by atoms with E-state index in [1.165, 1.54) is 51.4 Å². The van der Waals surface area contributed by atoms with Crippen molar-refractivity contribution in [1.82, 2.24) is 0 Å². The highest BCUT2D eigenvalue weighted by Gasteiger charge is 2.19. The molecule has 0 aliphatic rings. The molecule has 6 heteroatoms. The van der Waals surface area contributed by atoms with Crippen LogP contribution in [-0.4, -0.2) is 37.2 Å². The van der Waals surface area contributed by atoms with E-state index in [0.29, 0.717) is 19.3 Å². The Kier molecular flexibility index (Phi) is 41.6. The van der Waals surface area contributed by atoms with Crippen LogP contribution in [0.4, 0.5) is 0 Å². The summed E-state index contributed by atoms with van der Waals surface area (Å²) in [7, 11) is 0. The van der Waals surface area contributed by atoms with Gasteiger partial charge in [0.25, 0.3) is 0 Å². The molecule has 0 aromatic heterocycles. The Balaban J connectivity index is 4.50. The maximum Gasteiger partial charge on any atom is 0.306 e. The van der Waals surface area contributed by atoms with E-state index < -0.39 is 6.10 Å². The molecule has 318 valence electrons. The second-order valence-electron chi connectivity index (χ2n) is 14.6. The molecule has 0 radical (unpaired) electrons. The SMILES string of the molecule is CC\C=C/C=C\C=C/C=C\CCCCCC(=O)OC(COC(=O)CCCCCC/C=C\C/C=C\C/C=C\CC)COC(=O)CCCCCCCCCCCCC. The molecule has 0 spiro atoms. The van der Waals surface area contributed by atoms with Crippen LogP contribution in [0.5, 0.6) is 0 Å². The lowest BCUT2D eigenvalue weighted by Crippen LogP contribution is -2.30. The van der Waals surface area contributed by atoms with Gasteiger partial charge >= 0.3 is 17.9 Å². The van der Waals surface area contributed by atoms with Gasteiger partial charge in [0.05, 0.1) is 0 Å². The predicted molar refractivity (Wildman–Crippen MR) is 237 cm³/mol. The van der Waals surface area contributed by atoms with Gasteiger partial charge in [0, 0.05) is 19.3 Å². The van der Waals surface area contributed by atoms with Crippen LogP contribution in [-0.2, 0) is 28.6 Å². The molecule has 0 saturated carbocycles. The summed E-state index contributed by atoms with van der Waals surface area (Å²) in [4.78, 5) is 37.7. The first-order valence-corrected chi connectivity index (χ1v) is 22.6. The second-order valence-corrected chi connectivity index (χ2v) is 14.6. The van der Waals surface area contributed by atoms with Crippen molar-refractivity contribution in [3.8, 4) is 0 Å². The molecule has 0 rings (SSSR count). The second kappa shape index (κ2) is 44.3. The fourth-order valence-electron chi connectivity index (χ4n) is 5.88. The maximum absolute atomic E-state index is 12.7. The Labute approximate surface area is 344 Å². The number of hydrogen-bond donors (Lipinski definition) is 0. The van der Waals surface area contributed by atoms with E-state index in [4.69, 9.17) is 14.2 Å². The number of rotatable bonds is 39. The van der Waals surface area contributed by atoms with Crippen LogP contribution >= 0.6 is 0 Å². The highest BCUT2D eigenvalue weighted by molar-refractivity contribution is 5.71. The van der Waals surface area contributed by atoms with Crippen LogP contribution < -0.4 is 0 Å². The molecule has 0 fully saturated rings. The average molecular weight is 779 g/mol. The van der Waals surface area contributed by atoms with Gasteiger partial charge in [-0.3, -0.25) is 14.4 Å². The van der Waals surface area contributed by atoms with Gasteiger partial charge in [0.1, 0.15) is 13.2 Å². The lowest BCUT2D eigenvalue weighted by molar-refractivity contribution is -0.167. The summed E-state index contributed by atoms with van der Waals surface area (Å²) in [5.74, 6) is -0.971. The van der Waals surface area contributed by atoms with E-state index >= 15 is 0 Å². The summed E-state index contributed by atoms with van der Waals surface area (Å²) in [5, 5.41) is 0. The molecule has 56 heavy (non-hydrogen) atoms. The molecular formula is C50H82O6. The maximum atomic E-state index is 12.7. The number of esters is 3. The van der Waals surface area contributed by atoms with Gasteiger partial charge in [-0.15, -0.1) is 0 Å². The highest BCUT2D eigenvalue weighted by Crippen LogP contribution is 2.13. The molecule has 0 N–H and O–H groups in total. The highest BCUT2D eigenvalue weighted by atomic mass is 16.6. The van der Waals surface area contributed by atoms with E-state index in [9.17, 15) is 14.4 Å². The van der Waals surface area contributed by atoms with Gasteiger partial charge in [-0.1, -0.05) is 189 Å². The van der Waals surface area contributed by atoms with Crippen molar-refractivity contribution in [3.63, 3.8) is 0 Å². The quantitative estimate of drug-likeness (QED) is 0.0203. The van der Waals surface area contributed by atoms with Crippen molar-refractivity contribution in [1.29, 1.82) is 0 Å². The molecule has 0 aliphatic heterocycles. The molecule has 6 nitrogen and oxygen atoms in total. The van der Waals surface area contributed by atoms with Crippen LogP contribution in [0.15, 0.2) is 85.1 Å². The van der Waals surface area contributed by atoms with Crippen LogP contribution in [0.1, 0.15) is 194 Å². The monoisotopic (exact) mass is 779 g/mol. The predicted octanol–water partition coefficient (Wildman–Crippen LogP) is 14.5. The standard InChI is InChI=1S/C50H82O6/c1-4-7-10-13-16-19-22-24-26-28-31-34-37-40-43-49(52)55-46-47(45-54-48(51)42-39-36-33-30-27-21-18-15-12-9-6-3)56-50(53)44-41-38-35-32-29-25-23-20-17-14-11-8-5-2/h7-8,10-11,14,16-17,19-20,23-26,29,47H,4-6,9,12-13,15,18,21-22,27-28,30-46H2,1-3H3/b10-7-,11-8-,17-14-,19-16-,23-20-,26-24-,29-25-. The van der Waals surface area contributed by atoms with Gasteiger partial charge in [-0.05, 0) is 70.6 Å². The summed E-state index contributed by atoms with van der Waals surface area (Å²) in [6.07, 6.45) is 55.6. The van der Waals surface area contributed by atoms with Crippen molar-refractivity contribution in [2.24, 2.45) is 0 Å². The van der Waals surface area contributed by atoms with Crippen molar-refractivity contribution < 1.29 is 28.6 Å². The van der Waals surface area contributed by atoms with Crippen LogP contribution in [0.3, 0.4) is 0 Å². The summed E-state index contributed by atoms with van der Waals surface area (Å²) < 4.78 is 16.6. The number of allylic oxidation sites excluding steroid dienone is 14. The Morgan fingerprint density at radius 2 is 0.786 bits per heavy atom. The third-order valence-corrected chi connectivity index (χ3v) is 9.24. The number of carbonyl (C=O) groups is 3. The molecule has 0 amide bonds. The zero-order valence-corrected chi connectivity index (χ0v) is 36.1. The molecule has 0 aromatic carbocycles. The third-order valence-electron chi connectivity index (χ3n) is 9.24. The summed E-state index contributed by atoms with van der Waals surface area (Å²) in [6, 6.07) is 0. The largest absolute Gasteiger partial charge is 0.462 e. The normalized spacial score (nSPS) is 12.8. The summed E-state index contributed by atoms with van der Waals surface area (Å²) >= 11 is 0. The zero-order chi connectivity index (χ0) is 40.8. The first kappa shape index (κ1) is 52.6. The number of hydrogen-bond acceptors (Lipinski definition) is 6. The molecule has 1 atom stereocenters. The fourth-order valence-corrected chi connectivity index (χ4v) is 5.88. The Morgan fingerprint density at radius 3 is 1.32 bits per heavy atom. The lowest BCUT2D eigenvalue weighted by Gasteiger charge is -2.18. The van der Waals surface area contributed by atoms with Gasteiger partial charge in [0.15, 0.2) is 6.10 Å². The van der Waals surface area contributed by atoms with E-state index in [0.717, 1.165) is 96.3 Å². The summed E-state index contributed by atoms with van der Waals surface area (Å²) in [6.45, 7) is 6.30. The number of carbonyl (C=O) groups excluding carboxylic acids is 3. The van der Waals surface area contributed by atoms with Gasteiger partial charge in [-0.2, -0.15) is 0 Å². The third kappa shape index (κ3) is 41.7. The van der Waals surface area contributed by atoms with E-state index in [-0.39, 0.29) is 37.5 Å². The molecule has 0 saturated heterocycles. The van der Waals surface area contributed by atoms with Crippen molar-refractivity contribution >= 4 is 17.9 Å². The van der Waals surface area contributed by atoms with E-state index in [2.05, 4.69) is 69.4 Å². The fraction of sp³-hybridized carbons (Fsp3) is 0.660. The van der Waals surface area contributed by atoms with E-state index in [1.807, 2.05) is 36.5 Å². The Hall–Kier alpha value is -3.41. The summed E-state index contributed by atoms with van der Waals surface area (Å²) in [5.41, 5.74) is 0. The molecular weight excluding hydrogens is 697 g/mol. The first-order valence-electron chi connectivity index (χ1n) is 22.6. The van der Waals surface area contributed by atoms with Gasteiger partial charge in [0.2, 0.25) is 0 Å². The van der Waals surface area contributed by atoms with Crippen LogP contribution in [0.2, 0.25) is 0 Å². The van der Waals surface area contributed by atoms with Crippen molar-refractivity contribution in [3.05, 3.63) is 85.1 Å². The topological polar surface area (TPSA) is 78.9 Å². The van der Waals surface area contributed by atoms with Crippen LogP contribution in [0, 0.1) is 0 Å². The van der Waals surface area contributed by atoms with Crippen molar-refractivity contribution in [2.45, 2.75) is 200 Å². The number of unbranched alkanes of at least 4 members (excludes halogenated alkanes) is 17. The minimum atomic E-state index is -0.802. The van der Waals surface area contributed by atoms with Crippen molar-refractivity contribution in [2.75, 3.05) is 13.2 Å². The lowest BCUT2D eigenvalue weighted by atomic mass is 10.1. The molecule has 0 aromatic rings. The van der Waals surface area contributed by atoms with E-state index in [1.54, 1.807) is 0 Å². The first-order chi connectivity index (χ1) is 27.5. The molecule has 1 unspecified atom stereocenters. The van der Waals surface area contributed by atoms with Gasteiger partial charge in [-0.25, -0.2) is 0 Å². The Bertz CT molecular complexity index is 1120. The van der Waals surface area contributed by atoms with Crippen LogP contribution in [0.25, 0.3) is 0 Å². The van der Waals surface area contributed by atoms with Gasteiger partial charge < -0.3 is 14.2 Å². The molecule has 0 aliphatic carbocycles. The zero-order valence-electron chi connectivity index (χ0n) is 36.1.